The van der Waals surface area contributed by atoms with Crippen LogP contribution < -0.4 is 0 Å². The third-order valence-corrected chi connectivity index (χ3v) is 4.03. The van der Waals surface area contributed by atoms with Crippen molar-refractivity contribution in [1.82, 2.24) is 4.90 Å². The van der Waals surface area contributed by atoms with E-state index in [1.165, 1.54) is 6.42 Å². The summed E-state index contributed by atoms with van der Waals surface area (Å²) in [6.07, 6.45) is 4.07. The monoisotopic (exact) mass is 261 g/mol. The molecule has 1 aromatic carbocycles. The predicted octanol–water partition coefficient (Wildman–Crippen LogP) is 2.68. The van der Waals surface area contributed by atoms with Gasteiger partial charge in [0, 0.05) is 24.8 Å². The fourth-order valence-electron chi connectivity index (χ4n) is 2.68. The van der Waals surface area contributed by atoms with Crippen LogP contribution in [0.2, 0.25) is 0 Å². The average molecular weight is 261 g/mol. The Bertz CT molecular complexity index is 432. The molecule has 2 rings (SSSR count). The maximum Gasteiger partial charge on any atom is 0.254 e. The van der Waals surface area contributed by atoms with Crippen molar-refractivity contribution in [2.24, 2.45) is 0 Å². The van der Waals surface area contributed by atoms with Gasteiger partial charge in [0.05, 0.1) is 0 Å². The minimum absolute atomic E-state index is 0.133. The largest absolute Gasteiger partial charge is 0.396 e. The summed E-state index contributed by atoms with van der Waals surface area (Å²) < 4.78 is 0. The van der Waals surface area contributed by atoms with E-state index in [1.807, 2.05) is 36.9 Å². The second-order valence-electron chi connectivity index (χ2n) is 5.43. The number of benzene rings is 1. The van der Waals surface area contributed by atoms with Gasteiger partial charge in [0.25, 0.3) is 5.91 Å². The molecule has 0 aliphatic heterocycles. The molecule has 19 heavy (non-hydrogen) atoms. The van der Waals surface area contributed by atoms with Gasteiger partial charge in [0.2, 0.25) is 0 Å². The second kappa shape index (κ2) is 6.20. The Balaban J connectivity index is 2.22. The zero-order valence-corrected chi connectivity index (χ0v) is 11.9. The summed E-state index contributed by atoms with van der Waals surface area (Å²) in [6, 6.07) is 6.34. The van der Waals surface area contributed by atoms with Crippen molar-refractivity contribution < 1.29 is 9.90 Å². The van der Waals surface area contributed by atoms with E-state index in [0.717, 1.165) is 29.5 Å². The molecule has 0 unspecified atom stereocenters. The molecular weight excluding hydrogens is 238 g/mol. The fraction of sp³-hybridized carbons (Fsp3) is 0.562. The first-order valence-corrected chi connectivity index (χ1v) is 7.13. The van der Waals surface area contributed by atoms with Crippen LogP contribution in [0.15, 0.2) is 18.2 Å². The van der Waals surface area contributed by atoms with Gasteiger partial charge >= 0.3 is 0 Å². The first-order valence-electron chi connectivity index (χ1n) is 7.13. The lowest BCUT2D eigenvalue weighted by atomic mass is 9.90. The molecule has 0 bridgehead atoms. The highest BCUT2D eigenvalue weighted by atomic mass is 16.3. The lowest BCUT2D eigenvalue weighted by Crippen LogP contribution is -2.45. The van der Waals surface area contributed by atoms with Crippen LogP contribution in [0.3, 0.4) is 0 Å². The molecular formula is C16H23NO2. The van der Waals surface area contributed by atoms with Crippen molar-refractivity contribution in [2.75, 3.05) is 13.2 Å². The van der Waals surface area contributed by atoms with Gasteiger partial charge in [-0.2, -0.15) is 0 Å². The number of aliphatic hydroxyl groups is 1. The molecule has 0 atom stereocenters. The van der Waals surface area contributed by atoms with Crippen LogP contribution in [0.25, 0.3) is 0 Å². The molecule has 1 saturated carbocycles. The summed E-state index contributed by atoms with van der Waals surface area (Å²) >= 11 is 0. The van der Waals surface area contributed by atoms with E-state index in [2.05, 4.69) is 0 Å². The maximum atomic E-state index is 12.8. The number of hydrogen-bond donors (Lipinski definition) is 1. The van der Waals surface area contributed by atoms with E-state index < -0.39 is 0 Å². The Morgan fingerprint density at radius 3 is 2.42 bits per heavy atom. The summed E-state index contributed by atoms with van der Waals surface area (Å²) in [6.45, 7) is 4.79. The number of carbonyl (C=O) groups excluding carboxylic acids is 1. The Hall–Kier alpha value is -1.35. The van der Waals surface area contributed by atoms with Crippen molar-refractivity contribution in [3.05, 3.63) is 34.9 Å². The van der Waals surface area contributed by atoms with Crippen molar-refractivity contribution in [3.8, 4) is 0 Å². The quantitative estimate of drug-likeness (QED) is 0.885. The zero-order valence-electron chi connectivity index (χ0n) is 11.9. The summed E-state index contributed by atoms with van der Waals surface area (Å²) in [5.74, 6) is 0.133. The minimum Gasteiger partial charge on any atom is -0.396 e. The molecule has 1 N–H and O–H groups in total. The van der Waals surface area contributed by atoms with Crippen molar-refractivity contribution >= 4 is 5.91 Å². The number of rotatable bonds is 5. The molecule has 1 aromatic rings. The maximum absolute atomic E-state index is 12.8. The lowest BCUT2D eigenvalue weighted by Gasteiger charge is -2.38. The fourth-order valence-corrected chi connectivity index (χ4v) is 2.68. The molecule has 3 nitrogen and oxygen atoms in total. The highest BCUT2D eigenvalue weighted by Gasteiger charge is 2.30. The standard InChI is InChI=1S/C16H23NO2/c1-12-6-3-7-13(2)15(12)16(19)17(10-5-11-18)14-8-4-9-14/h3,6-7,14,18H,4-5,8-11H2,1-2H3. The summed E-state index contributed by atoms with van der Waals surface area (Å²) in [5.41, 5.74) is 2.92. The Morgan fingerprint density at radius 2 is 1.95 bits per heavy atom. The number of aliphatic hydroxyl groups excluding tert-OH is 1. The first kappa shape index (κ1) is 14.1. The van der Waals surface area contributed by atoms with Gasteiger partial charge in [-0.05, 0) is 50.7 Å². The molecule has 0 spiro atoms. The first-order chi connectivity index (χ1) is 9.15. The topological polar surface area (TPSA) is 40.5 Å². The van der Waals surface area contributed by atoms with E-state index in [9.17, 15) is 4.79 Å². The smallest absolute Gasteiger partial charge is 0.254 e. The van der Waals surface area contributed by atoms with Gasteiger partial charge in [-0.15, -0.1) is 0 Å². The van der Waals surface area contributed by atoms with Crippen molar-refractivity contribution in [2.45, 2.75) is 45.6 Å². The molecule has 1 aliphatic rings. The van der Waals surface area contributed by atoms with Gasteiger partial charge in [-0.3, -0.25) is 4.79 Å². The summed E-state index contributed by atoms with van der Waals surface area (Å²) in [4.78, 5) is 14.7. The Kier molecular flexibility index (Phi) is 4.59. The van der Waals surface area contributed by atoms with Gasteiger partial charge < -0.3 is 10.0 Å². The lowest BCUT2D eigenvalue weighted by molar-refractivity contribution is 0.0561. The minimum atomic E-state index is 0.133. The van der Waals surface area contributed by atoms with Gasteiger partial charge in [-0.25, -0.2) is 0 Å². The molecule has 0 heterocycles. The van der Waals surface area contributed by atoms with Crippen LogP contribution in [-0.4, -0.2) is 35.1 Å². The molecule has 1 amide bonds. The Morgan fingerprint density at radius 1 is 1.32 bits per heavy atom. The molecule has 1 aliphatic carbocycles. The average Bonchev–Trinajstić information content (AvgIpc) is 2.31. The number of aryl methyl sites for hydroxylation is 2. The molecule has 0 saturated heterocycles. The molecule has 0 radical (unpaired) electrons. The number of nitrogens with zero attached hydrogens (tertiary/aromatic N) is 1. The van der Waals surface area contributed by atoms with Crippen LogP contribution in [0.4, 0.5) is 0 Å². The van der Waals surface area contributed by atoms with Gasteiger partial charge in [-0.1, -0.05) is 18.2 Å². The van der Waals surface area contributed by atoms with Gasteiger partial charge in [0.1, 0.15) is 0 Å². The van der Waals surface area contributed by atoms with Gasteiger partial charge in [0.15, 0.2) is 0 Å². The summed E-state index contributed by atoms with van der Waals surface area (Å²) in [7, 11) is 0. The van der Waals surface area contributed by atoms with Crippen LogP contribution in [0.1, 0.15) is 47.2 Å². The van der Waals surface area contributed by atoms with E-state index in [-0.39, 0.29) is 12.5 Å². The zero-order chi connectivity index (χ0) is 13.8. The van der Waals surface area contributed by atoms with Crippen LogP contribution >= 0.6 is 0 Å². The third kappa shape index (κ3) is 2.98. The second-order valence-corrected chi connectivity index (χ2v) is 5.43. The molecule has 1 fully saturated rings. The van der Waals surface area contributed by atoms with Crippen LogP contribution in [0.5, 0.6) is 0 Å². The number of carbonyl (C=O) groups is 1. The number of hydrogen-bond acceptors (Lipinski definition) is 2. The third-order valence-electron chi connectivity index (χ3n) is 4.03. The summed E-state index contributed by atoms with van der Waals surface area (Å²) in [5, 5.41) is 9.01. The molecule has 3 heteroatoms. The van der Waals surface area contributed by atoms with E-state index in [4.69, 9.17) is 5.11 Å². The highest BCUT2D eigenvalue weighted by molar-refractivity contribution is 5.97. The van der Waals surface area contributed by atoms with E-state index in [1.54, 1.807) is 0 Å². The predicted molar refractivity (Wildman–Crippen MR) is 76.3 cm³/mol. The molecule has 104 valence electrons. The van der Waals surface area contributed by atoms with Crippen molar-refractivity contribution in [3.63, 3.8) is 0 Å². The SMILES string of the molecule is Cc1cccc(C)c1C(=O)N(CCCO)C1CCC1. The van der Waals surface area contributed by atoms with E-state index >= 15 is 0 Å². The molecule has 0 aromatic heterocycles. The highest BCUT2D eigenvalue weighted by Crippen LogP contribution is 2.27. The van der Waals surface area contributed by atoms with Crippen LogP contribution in [-0.2, 0) is 0 Å². The number of amides is 1. The Labute approximate surface area is 115 Å². The van der Waals surface area contributed by atoms with E-state index in [0.29, 0.717) is 19.0 Å². The van der Waals surface area contributed by atoms with Crippen molar-refractivity contribution in [1.29, 1.82) is 0 Å². The normalized spacial score (nSPS) is 15.1. The van der Waals surface area contributed by atoms with Crippen LogP contribution in [0, 0.1) is 13.8 Å².